The molecule has 0 aliphatic carbocycles. The maximum atomic E-state index is 6.13. The van der Waals surface area contributed by atoms with Gasteiger partial charge in [-0.15, -0.1) is 0 Å². The second kappa shape index (κ2) is 6.71. The highest BCUT2D eigenvalue weighted by molar-refractivity contribution is 6.70. The Morgan fingerprint density at radius 3 is 2.67 bits per heavy atom. The van der Waals surface area contributed by atoms with Crippen molar-refractivity contribution < 1.29 is 4.43 Å². The van der Waals surface area contributed by atoms with Crippen LogP contribution < -0.4 is 4.43 Å². The minimum Gasteiger partial charge on any atom is -0.544 e. The van der Waals surface area contributed by atoms with Crippen LogP contribution in [0, 0.1) is 0 Å². The van der Waals surface area contributed by atoms with Crippen molar-refractivity contribution in [1.82, 2.24) is 9.78 Å². The van der Waals surface area contributed by atoms with Crippen molar-refractivity contribution in [2.24, 2.45) is 12.0 Å². The van der Waals surface area contributed by atoms with Gasteiger partial charge in [-0.2, -0.15) is 5.10 Å². The molecule has 0 N–H and O–H groups in total. The number of hydrogen-bond acceptors (Lipinski definition) is 3. The van der Waals surface area contributed by atoms with Crippen LogP contribution in [-0.2, 0) is 13.5 Å². The van der Waals surface area contributed by atoms with Gasteiger partial charge < -0.3 is 4.43 Å². The van der Waals surface area contributed by atoms with Crippen molar-refractivity contribution in [2.75, 3.05) is 6.54 Å². The number of aliphatic imine (C=N–C) groups is 1. The fourth-order valence-electron chi connectivity index (χ4n) is 1.99. The zero-order valence-electron chi connectivity index (χ0n) is 13.2. The molecule has 5 heteroatoms. The summed E-state index contributed by atoms with van der Waals surface area (Å²) in [6.45, 7) is 7.34. The van der Waals surface area contributed by atoms with Crippen molar-refractivity contribution in [3.8, 4) is 5.75 Å². The van der Waals surface area contributed by atoms with Gasteiger partial charge in [0.25, 0.3) is 0 Å². The van der Waals surface area contributed by atoms with Crippen LogP contribution in [0.5, 0.6) is 5.75 Å². The Morgan fingerprint density at radius 2 is 2.00 bits per heavy atom. The lowest BCUT2D eigenvalue weighted by molar-refractivity contribution is 0.549. The number of benzene rings is 1. The molecule has 1 aromatic heterocycles. The van der Waals surface area contributed by atoms with E-state index in [1.807, 2.05) is 30.1 Å². The smallest absolute Gasteiger partial charge is 0.242 e. The Balaban J connectivity index is 1.97. The molecular weight excluding hydrogens is 278 g/mol. The van der Waals surface area contributed by atoms with Crippen molar-refractivity contribution in [3.63, 3.8) is 0 Å². The maximum absolute atomic E-state index is 6.13. The molecule has 21 heavy (non-hydrogen) atoms. The number of nitrogens with zero attached hydrogens (tertiary/aromatic N) is 3. The van der Waals surface area contributed by atoms with E-state index in [9.17, 15) is 0 Å². The van der Waals surface area contributed by atoms with E-state index in [2.05, 4.69) is 47.9 Å². The van der Waals surface area contributed by atoms with Gasteiger partial charge in [-0.1, -0.05) is 18.2 Å². The predicted molar refractivity (Wildman–Crippen MR) is 89.8 cm³/mol. The number of rotatable bonds is 6. The van der Waals surface area contributed by atoms with Crippen LogP contribution in [0.25, 0.3) is 0 Å². The number of aromatic nitrogens is 2. The molecule has 0 aliphatic heterocycles. The Morgan fingerprint density at radius 1 is 1.24 bits per heavy atom. The molecule has 4 nitrogen and oxygen atoms in total. The lowest BCUT2D eigenvalue weighted by Gasteiger charge is -2.21. The highest BCUT2D eigenvalue weighted by Gasteiger charge is 2.17. The van der Waals surface area contributed by atoms with Crippen LogP contribution in [0.15, 0.2) is 41.5 Å². The fraction of sp³-hybridized carbons (Fsp3) is 0.375. The quantitative estimate of drug-likeness (QED) is 0.606. The van der Waals surface area contributed by atoms with Crippen molar-refractivity contribution in [2.45, 2.75) is 26.1 Å². The Hall–Kier alpha value is -1.88. The van der Waals surface area contributed by atoms with Crippen LogP contribution in [0.3, 0.4) is 0 Å². The topological polar surface area (TPSA) is 39.4 Å². The molecule has 0 saturated heterocycles. The minimum absolute atomic E-state index is 0.747. The molecule has 0 bridgehead atoms. The average Bonchev–Trinajstić information content (AvgIpc) is 2.80. The van der Waals surface area contributed by atoms with Gasteiger partial charge >= 0.3 is 0 Å². The summed E-state index contributed by atoms with van der Waals surface area (Å²) in [6, 6.07) is 10.2. The van der Waals surface area contributed by atoms with E-state index in [0.29, 0.717) is 0 Å². The monoisotopic (exact) mass is 301 g/mol. The average molecular weight is 301 g/mol. The molecule has 1 heterocycles. The van der Waals surface area contributed by atoms with Crippen LogP contribution in [-0.4, -0.2) is 30.9 Å². The second-order valence-electron chi connectivity index (χ2n) is 5.99. The van der Waals surface area contributed by atoms with Gasteiger partial charge in [-0.25, -0.2) is 0 Å². The lowest BCUT2D eigenvalue weighted by atomic mass is 10.1. The van der Waals surface area contributed by atoms with E-state index < -0.39 is 8.32 Å². The summed E-state index contributed by atoms with van der Waals surface area (Å²) in [7, 11) is 0.337. The zero-order valence-corrected chi connectivity index (χ0v) is 14.2. The summed E-state index contributed by atoms with van der Waals surface area (Å²) >= 11 is 0. The Kier molecular flexibility index (Phi) is 4.96. The summed E-state index contributed by atoms with van der Waals surface area (Å²) in [6.07, 6.45) is 4.53. The third-order valence-corrected chi connectivity index (χ3v) is 3.81. The molecule has 112 valence electrons. The SMILES string of the molecule is Cn1nccc1C=NCCc1ccccc1O[Si](C)(C)C. The summed E-state index contributed by atoms with van der Waals surface area (Å²) in [5.74, 6) is 1.01. The molecule has 0 atom stereocenters. The van der Waals surface area contributed by atoms with E-state index in [0.717, 1.165) is 24.4 Å². The molecule has 0 spiro atoms. The molecule has 0 saturated carbocycles. The third-order valence-electron chi connectivity index (χ3n) is 2.98. The Bertz CT molecular complexity index is 614. The molecule has 0 unspecified atom stereocenters. The molecule has 0 radical (unpaired) electrons. The van der Waals surface area contributed by atoms with Crippen LogP contribution in [0.1, 0.15) is 11.3 Å². The zero-order chi connectivity index (χ0) is 15.3. The van der Waals surface area contributed by atoms with Gasteiger partial charge in [0, 0.05) is 26.0 Å². The van der Waals surface area contributed by atoms with E-state index in [4.69, 9.17) is 4.43 Å². The van der Waals surface area contributed by atoms with Gasteiger partial charge in [0.15, 0.2) is 0 Å². The Labute approximate surface area is 127 Å². The summed E-state index contributed by atoms with van der Waals surface area (Å²) in [4.78, 5) is 4.48. The number of aryl methyl sites for hydroxylation is 1. The first-order valence-corrected chi connectivity index (χ1v) is 10.6. The van der Waals surface area contributed by atoms with Crippen molar-refractivity contribution >= 4 is 14.5 Å². The van der Waals surface area contributed by atoms with Crippen LogP contribution >= 0.6 is 0 Å². The summed E-state index contributed by atoms with van der Waals surface area (Å²) in [5, 5.41) is 4.12. The van der Waals surface area contributed by atoms with Gasteiger partial charge in [0.2, 0.25) is 8.32 Å². The van der Waals surface area contributed by atoms with Gasteiger partial charge in [0.05, 0.1) is 5.69 Å². The second-order valence-corrected chi connectivity index (χ2v) is 10.4. The van der Waals surface area contributed by atoms with E-state index in [-0.39, 0.29) is 0 Å². The molecular formula is C16H23N3OSi. The summed E-state index contributed by atoms with van der Waals surface area (Å²) in [5.41, 5.74) is 2.24. The standard InChI is InChI=1S/C16H23N3OSi/c1-19-15(10-12-18-19)13-17-11-9-14-7-5-6-8-16(14)20-21(2,3)4/h5-8,10,12-13H,9,11H2,1-4H3. The van der Waals surface area contributed by atoms with Gasteiger partial charge in [-0.3, -0.25) is 9.67 Å². The first-order valence-electron chi connectivity index (χ1n) is 7.20. The highest BCUT2D eigenvalue weighted by Crippen LogP contribution is 2.22. The molecule has 1 aromatic carbocycles. The van der Waals surface area contributed by atoms with Crippen molar-refractivity contribution in [3.05, 3.63) is 47.8 Å². The molecule has 0 amide bonds. The van der Waals surface area contributed by atoms with E-state index >= 15 is 0 Å². The number of para-hydroxylation sites is 1. The lowest BCUT2D eigenvalue weighted by Crippen LogP contribution is -2.29. The van der Waals surface area contributed by atoms with Crippen molar-refractivity contribution in [1.29, 1.82) is 0 Å². The third kappa shape index (κ3) is 4.86. The molecule has 2 rings (SSSR count). The molecule has 0 aliphatic rings. The molecule has 0 fully saturated rings. The normalized spacial score (nSPS) is 12.0. The van der Waals surface area contributed by atoms with Gasteiger partial charge in [-0.05, 0) is 43.8 Å². The predicted octanol–water partition coefficient (Wildman–Crippen LogP) is 3.30. The minimum atomic E-state index is -1.58. The van der Waals surface area contributed by atoms with Crippen LogP contribution in [0.2, 0.25) is 19.6 Å². The maximum Gasteiger partial charge on any atom is 0.242 e. The fourth-order valence-corrected chi connectivity index (χ4v) is 2.85. The number of hydrogen-bond donors (Lipinski definition) is 0. The highest BCUT2D eigenvalue weighted by atomic mass is 28.4. The first-order chi connectivity index (χ1) is 9.96. The van der Waals surface area contributed by atoms with Gasteiger partial charge in [0.1, 0.15) is 5.75 Å². The van der Waals surface area contributed by atoms with Crippen LogP contribution in [0.4, 0.5) is 0 Å². The largest absolute Gasteiger partial charge is 0.544 e. The molecule has 2 aromatic rings. The first kappa shape index (κ1) is 15.5. The summed E-state index contributed by atoms with van der Waals surface area (Å²) < 4.78 is 7.94. The van der Waals surface area contributed by atoms with E-state index in [1.54, 1.807) is 6.20 Å². The van der Waals surface area contributed by atoms with E-state index in [1.165, 1.54) is 5.56 Å².